The predicted molar refractivity (Wildman–Crippen MR) is 61.5 cm³/mol. The Morgan fingerprint density at radius 1 is 1.44 bits per heavy atom. The zero-order chi connectivity index (χ0) is 13.7. The lowest BCUT2D eigenvalue weighted by Gasteiger charge is -2.13. The zero-order valence-electron chi connectivity index (χ0n) is 10.4. The van der Waals surface area contributed by atoms with Crippen LogP contribution >= 0.6 is 0 Å². The van der Waals surface area contributed by atoms with Crippen molar-refractivity contribution >= 4 is 5.97 Å². The third-order valence-electron chi connectivity index (χ3n) is 2.12. The molecular formula is C12H15FO5. The fourth-order valence-corrected chi connectivity index (χ4v) is 1.30. The summed E-state index contributed by atoms with van der Waals surface area (Å²) in [4.78, 5) is 11.3. The number of rotatable bonds is 5. The Labute approximate surface area is 104 Å². The van der Waals surface area contributed by atoms with E-state index in [0.29, 0.717) is 0 Å². The van der Waals surface area contributed by atoms with Crippen LogP contribution in [0, 0.1) is 5.82 Å². The fourth-order valence-electron chi connectivity index (χ4n) is 1.30. The molecule has 1 N–H and O–H groups in total. The van der Waals surface area contributed by atoms with E-state index in [1.807, 2.05) is 0 Å². The van der Waals surface area contributed by atoms with Gasteiger partial charge in [-0.3, -0.25) is 0 Å². The van der Waals surface area contributed by atoms with Crippen LogP contribution in [0.3, 0.4) is 0 Å². The van der Waals surface area contributed by atoms with Gasteiger partial charge in [-0.1, -0.05) is 0 Å². The second kappa shape index (κ2) is 6.20. The normalized spacial score (nSPS) is 11.8. The van der Waals surface area contributed by atoms with Gasteiger partial charge in [0.1, 0.15) is 6.61 Å². The Balaban J connectivity index is 3.07. The van der Waals surface area contributed by atoms with Gasteiger partial charge in [0, 0.05) is 0 Å². The first-order valence-electron chi connectivity index (χ1n) is 5.26. The monoisotopic (exact) mass is 258 g/mol. The van der Waals surface area contributed by atoms with Crippen molar-refractivity contribution in [1.29, 1.82) is 0 Å². The first kappa shape index (κ1) is 14.2. The van der Waals surface area contributed by atoms with Crippen molar-refractivity contribution in [3.05, 3.63) is 23.5 Å². The molecule has 6 heteroatoms. The Morgan fingerprint density at radius 3 is 2.61 bits per heavy atom. The highest BCUT2D eigenvalue weighted by Crippen LogP contribution is 2.32. The molecule has 0 aromatic heterocycles. The van der Waals surface area contributed by atoms with E-state index < -0.39 is 17.9 Å². The molecule has 0 saturated heterocycles. The van der Waals surface area contributed by atoms with E-state index in [0.717, 1.165) is 6.07 Å². The van der Waals surface area contributed by atoms with Crippen molar-refractivity contribution in [1.82, 2.24) is 0 Å². The summed E-state index contributed by atoms with van der Waals surface area (Å²) in [7, 11) is 2.52. The molecule has 0 fully saturated rings. The van der Waals surface area contributed by atoms with Gasteiger partial charge in [-0.15, -0.1) is 0 Å². The minimum Gasteiger partial charge on any atom is -0.493 e. The molecule has 0 heterocycles. The van der Waals surface area contributed by atoms with Crippen LogP contribution in [0.5, 0.6) is 11.5 Å². The Kier molecular flexibility index (Phi) is 4.91. The minimum atomic E-state index is -0.754. The standard InChI is InChI=1S/C12H15FO5/c1-7(14)6-18-11-9(13)4-8(12(15)17-3)5-10(11)16-2/h4-5,7,14H,6H2,1-3H3/t7-/m1/s1. The van der Waals surface area contributed by atoms with Gasteiger partial charge in [-0.2, -0.15) is 0 Å². The molecule has 100 valence electrons. The molecular weight excluding hydrogens is 243 g/mol. The molecule has 0 amide bonds. The molecule has 1 rings (SSSR count). The number of esters is 1. The van der Waals surface area contributed by atoms with Gasteiger partial charge in [-0.25, -0.2) is 9.18 Å². The summed E-state index contributed by atoms with van der Waals surface area (Å²) in [6.07, 6.45) is -0.741. The number of aliphatic hydroxyl groups excluding tert-OH is 1. The van der Waals surface area contributed by atoms with Crippen LogP contribution in [0.15, 0.2) is 12.1 Å². The van der Waals surface area contributed by atoms with Crippen LogP contribution in [0.1, 0.15) is 17.3 Å². The first-order chi connectivity index (χ1) is 8.49. The summed E-state index contributed by atoms with van der Waals surface area (Å²) in [6.45, 7) is 1.43. The van der Waals surface area contributed by atoms with Crippen LogP contribution < -0.4 is 9.47 Å². The van der Waals surface area contributed by atoms with Gasteiger partial charge in [0.05, 0.1) is 25.9 Å². The van der Waals surface area contributed by atoms with Crippen molar-refractivity contribution in [2.24, 2.45) is 0 Å². The van der Waals surface area contributed by atoms with E-state index >= 15 is 0 Å². The van der Waals surface area contributed by atoms with Crippen LogP contribution in [-0.4, -0.2) is 38.0 Å². The fraction of sp³-hybridized carbons (Fsp3) is 0.417. The average molecular weight is 258 g/mol. The lowest BCUT2D eigenvalue weighted by atomic mass is 10.2. The Morgan fingerprint density at radius 2 is 2.11 bits per heavy atom. The van der Waals surface area contributed by atoms with E-state index in [1.165, 1.54) is 27.2 Å². The van der Waals surface area contributed by atoms with Gasteiger partial charge in [0.2, 0.25) is 0 Å². The van der Waals surface area contributed by atoms with Crippen LogP contribution in [0.25, 0.3) is 0 Å². The number of aliphatic hydroxyl groups is 1. The zero-order valence-corrected chi connectivity index (χ0v) is 10.4. The highest BCUT2D eigenvalue weighted by atomic mass is 19.1. The number of ether oxygens (including phenoxy) is 3. The van der Waals surface area contributed by atoms with Gasteiger partial charge in [0.15, 0.2) is 17.3 Å². The molecule has 0 bridgehead atoms. The molecule has 0 radical (unpaired) electrons. The topological polar surface area (TPSA) is 65.0 Å². The minimum absolute atomic E-state index is 0.0243. The average Bonchev–Trinajstić information content (AvgIpc) is 2.35. The number of methoxy groups -OCH3 is 2. The van der Waals surface area contributed by atoms with Crippen molar-refractivity contribution in [2.75, 3.05) is 20.8 Å². The van der Waals surface area contributed by atoms with Gasteiger partial charge >= 0.3 is 5.97 Å². The molecule has 18 heavy (non-hydrogen) atoms. The summed E-state index contributed by atoms with van der Waals surface area (Å²) < 4.78 is 28.3. The summed E-state index contributed by atoms with van der Waals surface area (Å²) in [5.74, 6) is -1.51. The molecule has 1 aromatic rings. The van der Waals surface area contributed by atoms with Crippen LogP contribution in [0.2, 0.25) is 0 Å². The number of carbonyl (C=O) groups is 1. The largest absolute Gasteiger partial charge is 0.493 e. The maximum absolute atomic E-state index is 13.8. The predicted octanol–water partition coefficient (Wildman–Crippen LogP) is 1.38. The number of hydrogen-bond donors (Lipinski definition) is 1. The lowest BCUT2D eigenvalue weighted by Crippen LogP contribution is -2.14. The first-order valence-corrected chi connectivity index (χ1v) is 5.26. The smallest absolute Gasteiger partial charge is 0.338 e. The highest BCUT2D eigenvalue weighted by Gasteiger charge is 2.17. The van der Waals surface area contributed by atoms with Crippen molar-refractivity contribution < 1.29 is 28.5 Å². The molecule has 0 unspecified atom stereocenters. The van der Waals surface area contributed by atoms with Crippen molar-refractivity contribution in [3.8, 4) is 11.5 Å². The number of carbonyl (C=O) groups excluding carboxylic acids is 1. The molecule has 0 aliphatic carbocycles. The van der Waals surface area contributed by atoms with E-state index in [9.17, 15) is 9.18 Å². The van der Waals surface area contributed by atoms with E-state index in [4.69, 9.17) is 14.6 Å². The number of halogens is 1. The SMILES string of the molecule is COC(=O)c1cc(F)c(OC[C@@H](C)O)c(OC)c1. The summed E-state index contributed by atoms with van der Waals surface area (Å²) in [6, 6.07) is 2.30. The van der Waals surface area contributed by atoms with Gasteiger partial charge in [0.25, 0.3) is 0 Å². The molecule has 0 aliphatic heterocycles. The van der Waals surface area contributed by atoms with E-state index in [-0.39, 0.29) is 23.7 Å². The summed E-state index contributed by atoms with van der Waals surface area (Å²) >= 11 is 0. The molecule has 0 saturated carbocycles. The molecule has 0 aliphatic rings. The number of hydrogen-bond acceptors (Lipinski definition) is 5. The third kappa shape index (κ3) is 3.33. The van der Waals surface area contributed by atoms with Gasteiger partial charge in [-0.05, 0) is 19.1 Å². The van der Waals surface area contributed by atoms with E-state index in [2.05, 4.69) is 4.74 Å². The second-order valence-electron chi connectivity index (χ2n) is 3.64. The van der Waals surface area contributed by atoms with E-state index in [1.54, 1.807) is 0 Å². The van der Waals surface area contributed by atoms with Crippen LogP contribution in [-0.2, 0) is 4.74 Å². The van der Waals surface area contributed by atoms with Gasteiger partial charge < -0.3 is 19.3 Å². The summed E-state index contributed by atoms with van der Waals surface area (Å²) in [5, 5.41) is 9.09. The molecule has 5 nitrogen and oxygen atoms in total. The third-order valence-corrected chi connectivity index (χ3v) is 2.12. The maximum atomic E-state index is 13.8. The maximum Gasteiger partial charge on any atom is 0.338 e. The van der Waals surface area contributed by atoms with Crippen LogP contribution in [0.4, 0.5) is 4.39 Å². The van der Waals surface area contributed by atoms with Crippen molar-refractivity contribution in [3.63, 3.8) is 0 Å². The Hall–Kier alpha value is -1.82. The molecule has 1 aromatic carbocycles. The molecule has 0 spiro atoms. The van der Waals surface area contributed by atoms with Crippen molar-refractivity contribution in [2.45, 2.75) is 13.0 Å². The quantitative estimate of drug-likeness (QED) is 0.808. The number of benzene rings is 1. The Bertz CT molecular complexity index is 431. The highest BCUT2D eigenvalue weighted by molar-refractivity contribution is 5.90. The summed E-state index contributed by atoms with van der Waals surface area (Å²) in [5.41, 5.74) is 0.0243. The second-order valence-corrected chi connectivity index (χ2v) is 3.64. The lowest BCUT2D eigenvalue weighted by molar-refractivity contribution is 0.0599. The molecule has 1 atom stereocenters.